The second-order valence-corrected chi connectivity index (χ2v) is 4.86. The Kier molecular flexibility index (Phi) is 2.89. The smallest absolute Gasteiger partial charge is 0.148 e. The van der Waals surface area contributed by atoms with Crippen molar-refractivity contribution in [2.75, 3.05) is 36.4 Å². The van der Waals surface area contributed by atoms with Crippen molar-refractivity contribution in [3.8, 4) is 0 Å². The van der Waals surface area contributed by atoms with Crippen molar-refractivity contribution < 1.29 is 4.39 Å². The summed E-state index contributed by atoms with van der Waals surface area (Å²) in [5.74, 6) is -0.107. The summed E-state index contributed by atoms with van der Waals surface area (Å²) in [4.78, 5) is 2.13. The molecule has 1 aromatic rings. The molecule has 2 fully saturated rings. The molecule has 2 N–H and O–H groups in total. The molecule has 0 radical (unpaired) electrons. The minimum atomic E-state index is -0.107. The van der Waals surface area contributed by atoms with Gasteiger partial charge in [-0.1, -0.05) is 0 Å². The summed E-state index contributed by atoms with van der Waals surface area (Å²) in [5, 5.41) is 6.50. The molecular formula is C13H18FN3. The lowest BCUT2D eigenvalue weighted by atomic mass is 10.1. The molecule has 17 heavy (non-hydrogen) atoms. The summed E-state index contributed by atoms with van der Waals surface area (Å²) in [7, 11) is 0. The van der Waals surface area contributed by atoms with Crippen molar-refractivity contribution in [1.29, 1.82) is 0 Å². The number of benzene rings is 1. The molecule has 92 valence electrons. The number of hydrogen-bond acceptors (Lipinski definition) is 3. The van der Waals surface area contributed by atoms with Gasteiger partial charge in [0.1, 0.15) is 5.82 Å². The number of hydrogen-bond donors (Lipinski definition) is 2. The number of nitrogens with zero attached hydrogens (tertiary/aromatic N) is 1. The van der Waals surface area contributed by atoms with Gasteiger partial charge in [-0.25, -0.2) is 4.39 Å². The van der Waals surface area contributed by atoms with Gasteiger partial charge < -0.3 is 15.5 Å². The Morgan fingerprint density at radius 3 is 2.59 bits per heavy atom. The van der Waals surface area contributed by atoms with E-state index < -0.39 is 0 Å². The van der Waals surface area contributed by atoms with Crippen molar-refractivity contribution in [1.82, 2.24) is 5.32 Å². The minimum Gasteiger partial charge on any atom is -0.380 e. The third-order valence-electron chi connectivity index (χ3n) is 3.55. The van der Waals surface area contributed by atoms with Crippen LogP contribution in [-0.2, 0) is 0 Å². The predicted octanol–water partition coefficient (Wildman–Crippen LogP) is 1.81. The van der Waals surface area contributed by atoms with Crippen LogP contribution in [0.1, 0.15) is 12.8 Å². The fourth-order valence-corrected chi connectivity index (χ4v) is 2.44. The van der Waals surface area contributed by atoms with Crippen molar-refractivity contribution in [2.45, 2.75) is 18.9 Å². The molecule has 2 aliphatic rings. The van der Waals surface area contributed by atoms with E-state index in [1.165, 1.54) is 12.8 Å². The molecule has 3 rings (SSSR count). The van der Waals surface area contributed by atoms with Gasteiger partial charge in [-0.05, 0) is 31.0 Å². The molecule has 0 saturated carbocycles. The molecule has 0 unspecified atom stereocenters. The molecule has 4 heteroatoms. The molecule has 2 aliphatic heterocycles. The maximum absolute atomic E-state index is 14.0. The van der Waals surface area contributed by atoms with Crippen LogP contribution in [0.15, 0.2) is 18.2 Å². The minimum absolute atomic E-state index is 0.107. The van der Waals surface area contributed by atoms with E-state index in [0.29, 0.717) is 6.04 Å². The lowest BCUT2D eigenvalue weighted by Gasteiger charge is -2.29. The summed E-state index contributed by atoms with van der Waals surface area (Å²) >= 11 is 0. The zero-order valence-corrected chi connectivity index (χ0v) is 9.88. The van der Waals surface area contributed by atoms with Crippen LogP contribution in [0.5, 0.6) is 0 Å². The van der Waals surface area contributed by atoms with Crippen molar-refractivity contribution in [2.24, 2.45) is 0 Å². The van der Waals surface area contributed by atoms with E-state index in [4.69, 9.17) is 0 Å². The fourth-order valence-electron chi connectivity index (χ4n) is 2.44. The molecule has 2 heterocycles. The van der Waals surface area contributed by atoms with E-state index in [1.54, 1.807) is 6.07 Å². The van der Waals surface area contributed by atoms with E-state index in [2.05, 4.69) is 15.5 Å². The lowest BCUT2D eigenvalue weighted by Crippen LogP contribution is -2.51. The Labute approximate surface area is 101 Å². The third kappa shape index (κ3) is 2.22. The Bertz CT molecular complexity index is 398. The molecule has 0 bridgehead atoms. The van der Waals surface area contributed by atoms with E-state index in [0.717, 1.165) is 37.6 Å². The number of anilines is 2. The quantitative estimate of drug-likeness (QED) is 0.836. The molecular weight excluding hydrogens is 217 g/mol. The number of halogens is 1. The van der Waals surface area contributed by atoms with Crippen LogP contribution in [0.3, 0.4) is 0 Å². The monoisotopic (exact) mass is 235 g/mol. The second-order valence-electron chi connectivity index (χ2n) is 4.86. The van der Waals surface area contributed by atoms with E-state index >= 15 is 0 Å². The van der Waals surface area contributed by atoms with Crippen LogP contribution in [0.2, 0.25) is 0 Å². The van der Waals surface area contributed by atoms with Gasteiger partial charge in [-0.3, -0.25) is 0 Å². The fraction of sp³-hybridized carbons (Fsp3) is 0.538. The highest BCUT2D eigenvalue weighted by Gasteiger charge is 2.18. The van der Waals surface area contributed by atoms with Gasteiger partial charge in [0.25, 0.3) is 0 Å². The molecule has 0 atom stereocenters. The van der Waals surface area contributed by atoms with E-state index in [9.17, 15) is 4.39 Å². The molecule has 0 aromatic heterocycles. The molecule has 0 spiro atoms. The first-order valence-corrected chi connectivity index (χ1v) is 6.35. The van der Waals surface area contributed by atoms with Gasteiger partial charge in [0.15, 0.2) is 0 Å². The average molecular weight is 235 g/mol. The van der Waals surface area contributed by atoms with Crippen LogP contribution in [0.25, 0.3) is 0 Å². The zero-order valence-electron chi connectivity index (χ0n) is 9.88. The van der Waals surface area contributed by atoms with Crippen LogP contribution in [0.4, 0.5) is 15.8 Å². The summed E-state index contributed by atoms with van der Waals surface area (Å²) < 4.78 is 14.0. The van der Waals surface area contributed by atoms with Crippen LogP contribution >= 0.6 is 0 Å². The molecule has 1 aromatic carbocycles. The van der Waals surface area contributed by atoms with E-state index in [1.807, 2.05) is 12.1 Å². The summed E-state index contributed by atoms with van der Waals surface area (Å²) in [6.07, 6.45) is 2.35. The Hall–Kier alpha value is -1.29. The number of nitrogens with one attached hydrogen (secondary N) is 2. The average Bonchev–Trinajstić information content (AvgIpc) is 2.77. The molecule has 3 nitrogen and oxygen atoms in total. The summed E-state index contributed by atoms with van der Waals surface area (Å²) in [6.45, 7) is 3.90. The second kappa shape index (κ2) is 4.53. The number of rotatable bonds is 3. The van der Waals surface area contributed by atoms with Crippen LogP contribution in [-0.4, -0.2) is 32.2 Å². The predicted molar refractivity (Wildman–Crippen MR) is 68.1 cm³/mol. The van der Waals surface area contributed by atoms with Gasteiger partial charge in [-0.2, -0.15) is 0 Å². The molecule has 0 amide bonds. The first kappa shape index (κ1) is 10.8. The maximum Gasteiger partial charge on any atom is 0.148 e. The first-order valence-electron chi connectivity index (χ1n) is 6.35. The highest BCUT2D eigenvalue weighted by atomic mass is 19.1. The topological polar surface area (TPSA) is 27.3 Å². The normalized spacial score (nSPS) is 20.4. The van der Waals surface area contributed by atoms with Gasteiger partial charge in [0, 0.05) is 31.9 Å². The Balaban J connectivity index is 1.73. The summed E-state index contributed by atoms with van der Waals surface area (Å²) in [5.41, 5.74) is 1.64. The van der Waals surface area contributed by atoms with Gasteiger partial charge in [0.2, 0.25) is 0 Å². The van der Waals surface area contributed by atoms with Gasteiger partial charge >= 0.3 is 0 Å². The van der Waals surface area contributed by atoms with Crippen molar-refractivity contribution in [3.63, 3.8) is 0 Å². The van der Waals surface area contributed by atoms with Gasteiger partial charge in [0.05, 0.1) is 11.7 Å². The van der Waals surface area contributed by atoms with Crippen LogP contribution in [0, 0.1) is 5.82 Å². The van der Waals surface area contributed by atoms with E-state index in [-0.39, 0.29) is 5.82 Å². The Morgan fingerprint density at radius 1 is 1.24 bits per heavy atom. The SMILES string of the molecule is Fc1cc(NC2CNC2)ccc1N1CCCC1. The Morgan fingerprint density at radius 2 is 2.00 bits per heavy atom. The zero-order chi connectivity index (χ0) is 11.7. The van der Waals surface area contributed by atoms with Crippen molar-refractivity contribution >= 4 is 11.4 Å². The lowest BCUT2D eigenvalue weighted by molar-refractivity contribution is 0.472. The highest BCUT2D eigenvalue weighted by molar-refractivity contribution is 5.57. The molecule has 2 saturated heterocycles. The largest absolute Gasteiger partial charge is 0.380 e. The third-order valence-corrected chi connectivity index (χ3v) is 3.55. The highest BCUT2D eigenvalue weighted by Crippen LogP contribution is 2.26. The van der Waals surface area contributed by atoms with Gasteiger partial charge in [-0.15, -0.1) is 0 Å². The standard InChI is InChI=1S/C13H18FN3/c14-12-7-10(16-11-8-15-9-11)3-4-13(12)17-5-1-2-6-17/h3-4,7,11,15-16H,1-2,5-6,8-9H2. The maximum atomic E-state index is 14.0. The van der Waals surface area contributed by atoms with Crippen LogP contribution < -0.4 is 15.5 Å². The first-order chi connectivity index (χ1) is 8.33. The summed E-state index contributed by atoms with van der Waals surface area (Å²) in [6, 6.07) is 5.95. The molecule has 0 aliphatic carbocycles. The van der Waals surface area contributed by atoms with Crippen molar-refractivity contribution in [3.05, 3.63) is 24.0 Å².